The zero-order valence-electron chi connectivity index (χ0n) is 7.65. The molecule has 0 aromatic carbocycles. The molecule has 0 saturated heterocycles. The predicted octanol–water partition coefficient (Wildman–Crippen LogP) is 1.89. The zero-order valence-corrected chi connectivity index (χ0v) is 9.23. The van der Waals surface area contributed by atoms with E-state index in [-0.39, 0.29) is 11.0 Å². The van der Waals surface area contributed by atoms with E-state index in [1.165, 1.54) is 0 Å². The van der Waals surface area contributed by atoms with Gasteiger partial charge < -0.3 is 4.98 Å². The van der Waals surface area contributed by atoms with Crippen molar-refractivity contribution in [1.82, 2.24) is 9.97 Å². The highest BCUT2D eigenvalue weighted by Crippen LogP contribution is 2.45. The molecule has 1 aliphatic rings. The van der Waals surface area contributed by atoms with Crippen molar-refractivity contribution >= 4 is 15.9 Å². The number of halogens is 1. The van der Waals surface area contributed by atoms with Crippen LogP contribution in [0.5, 0.6) is 0 Å². The van der Waals surface area contributed by atoms with Crippen molar-refractivity contribution in [2.45, 2.75) is 32.1 Å². The van der Waals surface area contributed by atoms with E-state index in [4.69, 9.17) is 0 Å². The monoisotopic (exact) mass is 242 g/mol. The fourth-order valence-electron chi connectivity index (χ4n) is 1.28. The lowest BCUT2D eigenvalue weighted by Gasteiger charge is -2.08. The lowest BCUT2D eigenvalue weighted by Crippen LogP contribution is -2.18. The largest absolute Gasteiger partial charge is 0.309 e. The summed E-state index contributed by atoms with van der Waals surface area (Å²) < 4.78 is 0.542. The van der Waals surface area contributed by atoms with Gasteiger partial charge in [0.2, 0.25) is 0 Å². The van der Waals surface area contributed by atoms with Gasteiger partial charge in [0.05, 0.1) is 5.69 Å². The van der Waals surface area contributed by atoms with Crippen LogP contribution in [0.3, 0.4) is 0 Å². The Balaban J connectivity index is 2.56. The Morgan fingerprint density at radius 1 is 1.54 bits per heavy atom. The van der Waals surface area contributed by atoms with Crippen LogP contribution in [0.4, 0.5) is 0 Å². The molecule has 1 aromatic heterocycles. The highest BCUT2D eigenvalue weighted by molar-refractivity contribution is 9.10. The van der Waals surface area contributed by atoms with Crippen molar-refractivity contribution in [3.63, 3.8) is 0 Å². The SMILES string of the molecule is Cc1nc(C2(C)CC2)[nH]c(=O)c1Br. The molecule has 4 heteroatoms. The number of nitrogens with zero attached hydrogens (tertiary/aromatic N) is 1. The minimum atomic E-state index is -0.0735. The van der Waals surface area contributed by atoms with Gasteiger partial charge in [0.15, 0.2) is 0 Å². The first-order valence-corrected chi connectivity index (χ1v) is 5.09. The molecule has 1 N–H and O–H groups in total. The normalized spacial score (nSPS) is 18.7. The van der Waals surface area contributed by atoms with Crippen LogP contribution in [-0.2, 0) is 5.41 Å². The van der Waals surface area contributed by atoms with E-state index in [0.29, 0.717) is 4.47 Å². The van der Waals surface area contributed by atoms with Crippen molar-refractivity contribution in [1.29, 1.82) is 0 Å². The second-order valence-electron chi connectivity index (χ2n) is 3.87. The average Bonchev–Trinajstić information content (AvgIpc) is 2.80. The summed E-state index contributed by atoms with van der Waals surface area (Å²) in [5.41, 5.74) is 0.826. The van der Waals surface area contributed by atoms with Crippen LogP contribution in [0.2, 0.25) is 0 Å². The standard InChI is InChI=1S/C9H11BrN2O/c1-5-6(10)7(13)12-8(11-5)9(2)3-4-9/h3-4H2,1-2H3,(H,11,12,13). The van der Waals surface area contributed by atoms with Crippen molar-refractivity contribution in [2.75, 3.05) is 0 Å². The number of aryl methyl sites for hydroxylation is 1. The Morgan fingerprint density at radius 2 is 2.15 bits per heavy atom. The molecule has 1 aliphatic carbocycles. The van der Waals surface area contributed by atoms with Crippen LogP contribution in [0.1, 0.15) is 31.3 Å². The fourth-order valence-corrected chi connectivity index (χ4v) is 1.47. The van der Waals surface area contributed by atoms with Crippen molar-refractivity contribution in [3.8, 4) is 0 Å². The van der Waals surface area contributed by atoms with E-state index in [1.807, 2.05) is 6.92 Å². The molecule has 1 fully saturated rings. The summed E-state index contributed by atoms with van der Waals surface area (Å²) in [5, 5.41) is 0. The molecule has 0 bridgehead atoms. The van der Waals surface area contributed by atoms with E-state index < -0.39 is 0 Å². The molecule has 13 heavy (non-hydrogen) atoms. The first kappa shape index (κ1) is 8.94. The Kier molecular flexibility index (Phi) is 1.84. The third kappa shape index (κ3) is 1.43. The summed E-state index contributed by atoms with van der Waals surface area (Å²) in [5.74, 6) is 0.832. The summed E-state index contributed by atoms with van der Waals surface area (Å²) in [6, 6.07) is 0. The van der Waals surface area contributed by atoms with Crippen LogP contribution < -0.4 is 5.56 Å². The third-order valence-corrected chi connectivity index (χ3v) is 3.53. The minimum absolute atomic E-state index is 0.0735. The number of hydrogen-bond acceptors (Lipinski definition) is 2. The van der Waals surface area contributed by atoms with Gasteiger partial charge in [-0.05, 0) is 35.7 Å². The third-order valence-electron chi connectivity index (χ3n) is 2.60. The fraction of sp³-hybridized carbons (Fsp3) is 0.556. The molecule has 1 heterocycles. The number of rotatable bonds is 1. The number of aromatic amines is 1. The van der Waals surface area contributed by atoms with Crippen LogP contribution in [0, 0.1) is 6.92 Å². The van der Waals surface area contributed by atoms with E-state index in [9.17, 15) is 4.79 Å². The zero-order chi connectivity index (χ0) is 9.64. The molecule has 0 amide bonds. The van der Waals surface area contributed by atoms with Gasteiger partial charge in [-0.25, -0.2) is 4.98 Å². The van der Waals surface area contributed by atoms with Crippen LogP contribution in [-0.4, -0.2) is 9.97 Å². The van der Waals surface area contributed by atoms with Gasteiger partial charge in [-0.1, -0.05) is 6.92 Å². The van der Waals surface area contributed by atoms with Gasteiger partial charge >= 0.3 is 0 Å². The van der Waals surface area contributed by atoms with Crippen molar-refractivity contribution in [3.05, 3.63) is 26.3 Å². The maximum atomic E-state index is 11.4. The highest BCUT2D eigenvalue weighted by atomic mass is 79.9. The summed E-state index contributed by atoms with van der Waals surface area (Å²) in [6.45, 7) is 3.97. The van der Waals surface area contributed by atoms with Gasteiger partial charge in [-0.2, -0.15) is 0 Å². The molecule has 70 valence electrons. The number of hydrogen-bond donors (Lipinski definition) is 1. The predicted molar refractivity (Wildman–Crippen MR) is 53.9 cm³/mol. The molecular formula is C9H11BrN2O. The van der Waals surface area contributed by atoms with Gasteiger partial charge in [0.25, 0.3) is 5.56 Å². The minimum Gasteiger partial charge on any atom is -0.309 e. The summed E-state index contributed by atoms with van der Waals surface area (Å²) in [6.07, 6.45) is 2.24. The summed E-state index contributed by atoms with van der Waals surface area (Å²) in [7, 11) is 0. The topological polar surface area (TPSA) is 45.8 Å². The van der Waals surface area contributed by atoms with E-state index >= 15 is 0 Å². The average molecular weight is 243 g/mol. The maximum Gasteiger partial charge on any atom is 0.265 e. The maximum absolute atomic E-state index is 11.4. The molecule has 1 aromatic rings. The van der Waals surface area contributed by atoms with E-state index in [0.717, 1.165) is 24.4 Å². The number of nitrogens with one attached hydrogen (secondary N) is 1. The summed E-state index contributed by atoms with van der Waals surface area (Å²) >= 11 is 3.19. The van der Waals surface area contributed by atoms with E-state index in [2.05, 4.69) is 32.8 Å². The van der Waals surface area contributed by atoms with Gasteiger partial charge in [0, 0.05) is 5.41 Å². The molecule has 2 rings (SSSR count). The molecule has 0 radical (unpaired) electrons. The quantitative estimate of drug-likeness (QED) is 0.818. The van der Waals surface area contributed by atoms with Gasteiger partial charge in [-0.3, -0.25) is 4.79 Å². The Labute approximate surface area is 84.7 Å². The lowest BCUT2D eigenvalue weighted by molar-refractivity contribution is 0.694. The van der Waals surface area contributed by atoms with Gasteiger partial charge in [-0.15, -0.1) is 0 Å². The smallest absolute Gasteiger partial charge is 0.265 e. The molecular weight excluding hydrogens is 232 g/mol. The molecule has 3 nitrogen and oxygen atoms in total. The van der Waals surface area contributed by atoms with Crippen LogP contribution >= 0.6 is 15.9 Å². The Hall–Kier alpha value is -0.640. The number of aromatic nitrogens is 2. The first-order valence-electron chi connectivity index (χ1n) is 4.30. The van der Waals surface area contributed by atoms with Crippen LogP contribution in [0.25, 0.3) is 0 Å². The Bertz CT molecular complexity index is 407. The second-order valence-corrected chi connectivity index (χ2v) is 4.67. The first-order chi connectivity index (χ1) is 6.03. The highest BCUT2D eigenvalue weighted by Gasteiger charge is 2.41. The second kappa shape index (κ2) is 2.67. The van der Waals surface area contributed by atoms with E-state index in [1.54, 1.807) is 0 Å². The molecule has 1 saturated carbocycles. The van der Waals surface area contributed by atoms with Crippen LogP contribution in [0.15, 0.2) is 9.27 Å². The molecule has 0 spiro atoms. The van der Waals surface area contributed by atoms with Gasteiger partial charge in [0.1, 0.15) is 10.3 Å². The molecule has 0 aliphatic heterocycles. The summed E-state index contributed by atoms with van der Waals surface area (Å²) in [4.78, 5) is 18.6. The molecule has 0 unspecified atom stereocenters. The van der Waals surface area contributed by atoms with Crippen molar-refractivity contribution < 1.29 is 0 Å². The van der Waals surface area contributed by atoms with Crippen molar-refractivity contribution in [2.24, 2.45) is 0 Å². The Morgan fingerprint density at radius 3 is 2.62 bits per heavy atom. The lowest BCUT2D eigenvalue weighted by atomic mass is 10.1. The number of H-pyrrole nitrogens is 1. The molecule has 0 atom stereocenters.